The summed E-state index contributed by atoms with van der Waals surface area (Å²) in [5.74, 6) is 4.00. The number of hydrogen-bond acceptors (Lipinski definition) is 7. The fourth-order valence-electron chi connectivity index (χ4n) is 4.27. The lowest BCUT2D eigenvalue weighted by atomic mass is 10.0. The summed E-state index contributed by atoms with van der Waals surface area (Å²) in [7, 11) is 0. The number of para-hydroxylation sites is 2. The first-order valence-electron chi connectivity index (χ1n) is 14.5. The van der Waals surface area contributed by atoms with Gasteiger partial charge in [-0.15, -0.1) is 24.7 Å². The SMILES string of the molecule is C#CCC(CC#C)COC(=O)[C@H](Cc1ccc(OC(=O)Cc2ccccc2Nc2c(Cl)cccc2Cl)cc1)NC(=O)OC(C)(C)C. The van der Waals surface area contributed by atoms with Gasteiger partial charge in [0.05, 0.1) is 28.8 Å². The minimum Gasteiger partial charge on any atom is -0.464 e. The lowest BCUT2D eigenvalue weighted by Crippen LogP contribution is -2.45. The molecule has 0 saturated heterocycles. The number of esters is 2. The fourth-order valence-corrected chi connectivity index (χ4v) is 4.76. The van der Waals surface area contributed by atoms with Crippen LogP contribution in [0.15, 0.2) is 66.7 Å². The molecule has 0 aliphatic carbocycles. The molecule has 0 heterocycles. The molecule has 0 saturated carbocycles. The molecule has 3 rings (SSSR count). The zero-order valence-electron chi connectivity index (χ0n) is 25.9. The van der Waals surface area contributed by atoms with Crippen molar-refractivity contribution in [3.63, 3.8) is 0 Å². The van der Waals surface area contributed by atoms with Gasteiger partial charge in [-0.2, -0.15) is 0 Å². The number of ether oxygens (including phenoxy) is 3. The second-order valence-corrected chi connectivity index (χ2v) is 12.2. The topological polar surface area (TPSA) is 103 Å². The number of rotatable bonds is 13. The van der Waals surface area contributed by atoms with Gasteiger partial charge in [0.15, 0.2) is 0 Å². The zero-order chi connectivity index (χ0) is 33.7. The minimum atomic E-state index is -1.06. The molecule has 3 aromatic carbocycles. The Morgan fingerprint density at radius 3 is 2.13 bits per heavy atom. The van der Waals surface area contributed by atoms with Crippen LogP contribution in [0.5, 0.6) is 5.75 Å². The molecule has 240 valence electrons. The Hall–Kier alpha value is -4.63. The van der Waals surface area contributed by atoms with Crippen LogP contribution < -0.4 is 15.4 Å². The van der Waals surface area contributed by atoms with Gasteiger partial charge in [0.2, 0.25) is 0 Å². The third-order valence-corrected chi connectivity index (χ3v) is 7.05. The summed E-state index contributed by atoms with van der Waals surface area (Å²) >= 11 is 12.6. The van der Waals surface area contributed by atoms with Crippen LogP contribution >= 0.6 is 23.2 Å². The van der Waals surface area contributed by atoms with E-state index in [4.69, 9.17) is 50.3 Å². The molecule has 2 N–H and O–H groups in total. The maximum atomic E-state index is 13.0. The predicted octanol–water partition coefficient (Wildman–Crippen LogP) is 7.53. The predicted molar refractivity (Wildman–Crippen MR) is 180 cm³/mol. The van der Waals surface area contributed by atoms with E-state index >= 15 is 0 Å². The Kier molecular flexibility index (Phi) is 13.4. The molecule has 0 aromatic heterocycles. The van der Waals surface area contributed by atoms with E-state index in [1.54, 1.807) is 69.3 Å². The highest BCUT2D eigenvalue weighted by molar-refractivity contribution is 6.39. The lowest BCUT2D eigenvalue weighted by molar-refractivity contribution is -0.147. The summed E-state index contributed by atoms with van der Waals surface area (Å²) in [5, 5.41) is 6.68. The van der Waals surface area contributed by atoms with Crippen molar-refractivity contribution in [3.05, 3.63) is 87.9 Å². The van der Waals surface area contributed by atoms with Gasteiger partial charge in [0.1, 0.15) is 17.4 Å². The van der Waals surface area contributed by atoms with Crippen LogP contribution in [0.3, 0.4) is 0 Å². The van der Waals surface area contributed by atoms with Crippen molar-refractivity contribution in [2.75, 3.05) is 11.9 Å². The van der Waals surface area contributed by atoms with E-state index in [1.165, 1.54) is 0 Å². The van der Waals surface area contributed by atoms with Gasteiger partial charge in [0, 0.05) is 30.9 Å². The van der Waals surface area contributed by atoms with Crippen LogP contribution in [0.4, 0.5) is 16.2 Å². The quantitative estimate of drug-likeness (QED) is 0.111. The van der Waals surface area contributed by atoms with Crippen LogP contribution in [-0.2, 0) is 31.9 Å². The Labute approximate surface area is 280 Å². The number of nitrogens with one attached hydrogen (secondary N) is 2. The molecule has 0 aliphatic heterocycles. The number of terminal acetylenes is 2. The third-order valence-electron chi connectivity index (χ3n) is 6.42. The molecule has 1 amide bonds. The molecular weight excluding hydrogens is 627 g/mol. The van der Waals surface area contributed by atoms with Crippen molar-refractivity contribution in [3.8, 4) is 30.4 Å². The maximum Gasteiger partial charge on any atom is 0.408 e. The fraction of sp³-hybridized carbons (Fsp3) is 0.306. The summed E-state index contributed by atoms with van der Waals surface area (Å²) in [6, 6.07) is 18.0. The van der Waals surface area contributed by atoms with E-state index in [-0.39, 0.29) is 25.4 Å². The molecule has 46 heavy (non-hydrogen) atoms. The van der Waals surface area contributed by atoms with Crippen LogP contribution in [0.25, 0.3) is 0 Å². The molecule has 10 heteroatoms. The van der Waals surface area contributed by atoms with Crippen molar-refractivity contribution in [2.45, 2.75) is 58.1 Å². The minimum absolute atomic E-state index is 0.0126. The number of amides is 1. The van der Waals surface area contributed by atoms with E-state index in [0.29, 0.717) is 51.1 Å². The molecular formula is C36H36Cl2N2O6. The van der Waals surface area contributed by atoms with Gasteiger partial charge < -0.3 is 24.8 Å². The van der Waals surface area contributed by atoms with Gasteiger partial charge in [-0.1, -0.05) is 59.6 Å². The van der Waals surface area contributed by atoms with Crippen LogP contribution in [0.1, 0.15) is 44.7 Å². The standard InChI is InChI=1S/C36H36Cl2N2O6/c1-6-11-25(12-7-2)23-44-34(42)31(40-35(43)46-36(3,4)5)21-24-17-19-27(20-18-24)45-32(41)22-26-13-8-9-16-30(26)39-33-28(37)14-10-15-29(33)38/h1-2,8-10,13-20,25,31,39H,11-12,21-23H2,3-5H3,(H,40,43)/t31-/m0/s1. The second-order valence-electron chi connectivity index (χ2n) is 11.4. The highest BCUT2D eigenvalue weighted by Gasteiger charge is 2.27. The molecule has 0 bridgehead atoms. The first kappa shape index (κ1) is 35.8. The van der Waals surface area contributed by atoms with Crippen molar-refractivity contribution >= 4 is 52.6 Å². The highest BCUT2D eigenvalue weighted by Crippen LogP contribution is 2.33. The Morgan fingerprint density at radius 2 is 1.52 bits per heavy atom. The summed E-state index contributed by atoms with van der Waals surface area (Å²) in [6.07, 6.45) is 10.8. The Morgan fingerprint density at radius 1 is 0.891 bits per heavy atom. The second kappa shape index (κ2) is 17.2. The molecule has 3 aromatic rings. The average molecular weight is 664 g/mol. The van der Waals surface area contributed by atoms with Gasteiger partial charge >= 0.3 is 18.0 Å². The lowest BCUT2D eigenvalue weighted by Gasteiger charge is -2.23. The maximum absolute atomic E-state index is 13.0. The third kappa shape index (κ3) is 11.7. The summed E-state index contributed by atoms with van der Waals surface area (Å²) in [4.78, 5) is 38.4. The average Bonchev–Trinajstić information content (AvgIpc) is 2.98. The molecule has 0 radical (unpaired) electrons. The summed E-state index contributed by atoms with van der Waals surface area (Å²) in [5.41, 5.74) is 1.78. The van der Waals surface area contributed by atoms with Crippen LogP contribution in [-0.4, -0.2) is 36.3 Å². The molecule has 1 atom stereocenters. The first-order chi connectivity index (χ1) is 21.9. The van der Waals surface area contributed by atoms with E-state index in [0.717, 1.165) is 0 Å². The van der Waals surface area contributed by atoms with E-state index in [9.17, 15) is 14.4 Å². The monoisotopic (exact) mass is 662 g/mol. The van der Waals surface area contributed by atoms with Gasteiger partial charge in [-0.25, -0.2) is 9.59 Å². The van der Waals surface area contributed by atoms with Gasteiger partial charge in [-0.05, 0) is 62.2 Å². The van der Waals surface area contributed by atoms with E-state index < -0.39 is 29.7 Å². The van der Waals surface area contributed by atoms with Crippen molar-refractivity contribution in [2.24, 2.45) is 5.92 Å². The number of halogens is 2. The van der Waals surface area contributed by atoms with Crippen LogP contribution in [0.2, 0.25) is 10.0 Å². The first-order valence-corrected chi connectivity index (χ1v) is 15.3. The zero-order valence-corrected chi connectivity index (χ0v) is 27.4. The molecule has 8 nitrogen and oxygen atoms in total. The van der Waals surface area contributed by atoms with E-state index in [2.05, 4.69) is 22.5 Å². The van der Waals surface area contributed by atoms with Crippen molar-refractivity contribution in [1.82, 2.24) is 5.32 Å². The van der Waals surface area contributed by atoms with E-state index in [1.807, 2.05) is 18.2 Å². The Bertz CT molecular complexity index is 1570. The summed E-state index contributed by atoms with van der Waals surface area (Å²) < 4.78 is 16.4. The van der Waals surface area contributed by atoms with Crippen molar-refractivity contribution < 1.29 is 28.6 Å². The molecule has 0 spiro atoms. The number of alkyl carbamates (subject to hydrolysis) is 1. The van der Waals surface area contributed by atoms with Crippen molar-refractivity contribution in [1.29, 1.82) is 0 Å². The largest absolute Gasteiger partial charge is 0.464 e. The number of carbonyl (C=O) groups is 3. The number of benzene rings is 3. The molecule has 0 unspecified atom stereocenters. The van der Waals surface area contributed by atoms with Crippen LogP contribution in [0, 0.1) is 30.6 Å². The highest BCUT2D eigenvalue weighted by atomic mass is 35.5. The van der Waals surface area contributed by atoms with Gasteiger partial charge in [0.25, 0.3) is 0 Å². The van der Waals surface area contributed by atoms with Gasteiger partial charge in [-0.3, -0.25) is 4.79 Å². The Balaban J connectivity index is 1.67. The number of carbonyl (C=O) groups excluding carboxylic acids is 3. The smallest absolute Gasteiger partial charge is 0.408 e. The number of anilines is 2. The molecule has 0 fully saturated rings. The molecule has 0 aliphatic rings. The normalized spacial score (nSPS) is 11.5. The summed E-state index contributed by atoms with van der Waals surface area (Å²) in [6.45, 7) is 5.16. The number of hydrogen-bond donors (Lipinski definition) is 2.